The van der Waals surface area contributed by atoms with E-state index in [4.69, 9.17) is 5.73 Å². The van der Waals surface area contributed by atoms with Gasteiger partial charge in [0, 0.05) is 6.54 Å². The molecule has 0 saturated heterocycles. The molecule has 92 valence electrons. The first-order valence-electron chi connectivity index (χ1n) is 4.83. The Morgan fingerprint density at radius 2 is 2.19 bits per heavy atom. The molecule has 0 aliphatic heterocycles. The molecule has 7 heteroatoms. The highest BCUT2D eigenvalue weighted by molar-refractivity contribution is 9.10. The van der Waals surface area contributed by atoms with Crippen LogP contribution in [0.2, 0.25) is 0 Å². The maximum atomic E-state index is 12.6. The van der Waals surface area contributed by atoms with Gasteiger partial charge in [0.15, 0.2) is 0 Å². The number of likely N-dealkylation sites (N-methyl/N-ethyl adjacent to an activating group) is 1. The van der Waals surface area contributed by atoms with Crippen LogP contribution in [0.4, 0.5) is 8.78 Å². The third-order valence-corrected chi connectivity index (χ3v) is 2.79. The highest BCUT2D eigenvalue weighted by Crippen LogP contribution is 2.25. The largest absolute Gasteiger partial charge is 0.318 e. The van der Waals surface area contributed by atoms with Gasteiger partial charge in [0.05, 0.1) is 22.9 Å². The van der Waals surface area contributed by atoms with Crippen molar-refractivity contribution in [3.05, 3.63) is 16.4 Å². The molecule has 0 aliphatic rings. The van der Waals surface area contributed by atoms with Crippen LogP contribution in [0.25, 0.3) is 0 Å². The van der Waals surface area contributed by atoms with Crippen LogP contribution >= 0.6 is 15.9 Å². The predicted octanol–water partition coefficient (Wildman–Crippen LogP) is 1.47. The van der Waals surface area contributed by atoms with Gasteiger partial charge in [0.2, 0.25) is 0 Å². The monoisotopic (exact) mass is 296 g/mol. The molecule has 16 heavy (non-hydrogen) atoms. The Kier molecular flexibility index (Phi) is 4.82. The van der Waals surface area contributed by atoms with Crippen LogP contribution in [0.5, 0.6) is 0 Å². The summed E-state index contributed by atoms with van der Waals surface area (Å²) in [5.41, 5.74) is 5.78. The van der Waals surface area contributed by atoms with E-state index in [1.54, 1.807) is 0 Å². The smallest absolute Gasteiger partial charge is 0.259 e. The van der Waals surface area contributed by atoms with Gasteiger partial charge in [-0.25, -0.2) is 8.78 Å². The van der Waals surface area contributed by atoms with Crippen molar-refractivity contribution in [3.8, 4) is 0 Å². The van der Waals surface area contributed by atoms with Gasteiger partial charge < -0.3 is 10.6 Å². The van der Waals surface area contributed by atoms with E-state index in [-0.39, 0.29) is 0 Å². The first kappa shape index (κ1) is 13.5. The van der Waals surface area contributed by atoms with Gasteiger partial charge in [-0.15, -0.1) is 0 Å². The summed E-state index contributed by atoms with van der Waals surface area (Å²) >= 11 is 3.18. The molecule has 0 amide bonds. The first-order valence-corrected chi connectivity index (χ1v) is 5.62. The summed E-state index contributed by atoms with van der Waals surface area (Å²) in [4.78, 5) is 1.95. The SMILES string of the molecule is CN(C)CCn1ncc(Br)c1C(N)C(F)F. The van der Waals surface area contributed by atoms with Crippen molar-refractivity contribution in [1.82, 2.24) is 14.7 Å². The van der Waals surface area contributed by atoms with E-state index in [0.717, 1.165) is 6.54 Å². The summed E-state index contributed by atoms with van der Waals surface area (Å²) in [5.74, 6) is 0. The zero-order valence-corrected chi connectivity index (χ0v) is 10.8. The van der Waals surface area contributed by atoms with Crippen LogP contribution in [0, 0.1) is 0 Å². The predicted molar refractivity (Wildman–Crippen MR) is 61.4 cm³/mol. The molecule has 0 spiro atoms. The van der Waals surface area contributed by atoms with Gasteiger partial charge in [-0.05, 0) is 30.0 Å². The summed E-state index contributed by atoms with van der Waals surface area (Å²) in [7, 11) is 3.82. The summed E-state index contributed by atoms with van der Waals surface area (Å²) in [6, 6.07) is -1.31. The number of nitrogens with two attached hydrogens (primary N) is 1. The Balaban J connectivity index is 2.85. The van der Waals surface area contributed by atoms with Crippen molar-refractivity contribution >= 4 is 15.9 Å². The molecule has 1 aromatic rings. The van der Waals surface area contributed by atoms with Crippen LogP contribution in [-0.4, -0.2) is 41.7 Å². The Morgan fingerprint density at radius 3 is 2.69 bits per heavy atom. The van der Waals surface area contributed by atoms with Crippen LogP contribution in [-0.2, 0) is 6.54 Å². The normalized spacial score (nSPS) is 13.8. The summed E-state index contributed by atoms with van der Waals surface area (Å²) in [5, 5.41) is 4.02. The van der Waals surface area contributed by atoms with E-state index in [0.29, 0.717) is 16.7 Å². The molecule has 0 radical (unpaired) electrons. The number of hydrogen-bond acceptors (Lipinski definition) is 3. The van der Waals surface area contributed by atoms with Gasteiger partial charge in [-0.2, -0.15) is 5.10 Å². The number of hydrogen-bond donors (Lipinski definition) is 1. The van der Waals surface area contributed by atoms with Crippen LogP contribution in [0.15, 0.2) is 10.7 Å². The van der Waals surface area contributed by atoms with Crippen molar-refractivity contribution in [3.63, 3.8) is 0 Å². The lowest BCUT2D eigenvalue weighted by atomic mass is 10.2. The van der Waals surface area contributed by atoms with Crippen molar-refractivity contribution in [2.24, 2.45) is 5.73 Å². The van der Waals surface area contributed by atoms with E-state index in [9.17, 15) is 8.78 Å². The van der Waals surface area contributed by atoms with E-state index in [1.165, 1.54) is 10.9 Å². The zero-order valence-electron chi connectivity index (χ0n) is 9.20. The molecule has 0 aromatic carbocycles. The first-order chi connectivity index (χ1) is 7.43. The maximum Gasteiger partial charge on any atom is 0.259 e. The van der Waals surface area contributed by atoms with Gasteiger partial charge in [-0.1, -0.05) is 0 Å². The molecular formula is C9H15BrF2N4. The Bertz CT molecular complexity index is 340. The molecule has 2 N–H and O–H groups in total. The lowest BCUT2D eigenvalue weighted by Gasteiger charge is -2.16. The van der Waals surface area contributed by atoms with Crippen molar-refractivity contribution in [1.29, 1.82) is 0 Å². The summed E-state index contributed by atoms with van der Waals surface area (Å²) in [6.07, 6.45) is -1.10. The standard InChI is InChI=1S/C9H15BrF2N4/c1-15(2)3-4-16-8(6(10)5-14-16)7(13)9(11)12/h5,7,9H,3-4,13H2,1-2H3. The number of nitrogens with zero attached hydrogens (tertiary/aromatic N) is 3. The number of alkyl halides is 2. The minimum atomic E-state index is -2.59. The highest BCUT2D eigenvalue weighted by atomic mass is 79.9. The number of halogens is 3. The fourth-order valence-electron chi connectivity index (χ4n) is 1.30. The van der Waals surface area contributed by atoms with Gasteiger partial charge in [0.1, 0.15) is 6.04 Å². The van der Waals surface area contributed by atoms with Crippen molar-refractivity contribution in [2.75, 3.05) is 20.6 Å². The second-order valence-electron chi connectivity index (χ2n) is 3.76. The molecule has 1 heterocycles. The minimum absolute atomic E-state index is 0.344. The van der Waals surface area contributed by atoms with Crippen LogP contribution in [0.3, 0.4) is 0 Å². The lowest BCUT2D eigenvalue weighted by Crippen LogP contribution is -2.26. The van der Waals surface area contributed by atoms with Crippen LogP contribution in [0.1, 0.15) is 11.7 Å². The minimum Gasteiger partial charge on any atom is -0.318 e. The third-order valence-electron chi connectivity index (χ3n) is 2.18. The van der Waals surface area contributed by atoms with Gasteiger partial charge >= 0.3 is 0 Å². The fraction of sp³-hybridized carbons (Fsp3) is 0.667. The molecule has 0 saturated carbocycles. The average molecular weight is 297 g/mol. The molecule has 1 unspecified atom stereocenters. The van der Waals surface area contributed by atoms with Crippen molar-refractivity contribution < 1.29 is 8.78 Å². The van der Waals surface area contributed by atoms with Gasteiger partial charge in [0.25, 0.3) is 6.43 Å². The van der Waals surface area contributed by atoms with E-state index in [2.05, 4.69) is 21.0 Å². The number of rotatable bonds is 5. The van der Waals surface area contributed by atoms with Crippen molar-refractivity contribution in [2.45, 2.75) is 19.0 Å². The molecule has 0 aliphatic carbocycles. The Labute approximate surface area is 102 Å². The maximum absolute atomic E-state index is 12.6. The second-order valence-corrected chi connectivity index (χ2v) is 4.62. The molecule has 4 nitrogen and oxygen atoms in total. The molecular weight excluding hydrogens is 282 g/mol. The number of aromatic nitrogens is 2. The molecule has 0 bridgehead atoms. The molecule has 1 atom stereocenters. The average Bonchev–Trinajstić information content (AvgIpc) is 2.55. The van der Waals surface area contributed by atoms with Crippen LogP contribution < -0.4 is 5.73 Å². The van der Waals surface area contributed by atoms with E-state index >= 15 is 0 Å². The Hall–Kier alpha value is -0.530. The third kappa shape index (κ3) is 3.23. The topological polar surface area (TPSA) is 47.1 Å². The lowest BCUT2D eigenvalue weighted by molar-refractivity contribution is 0.112. The quantitative estimate of drug-likeness (QED) is 0.895. The summed E-state index contributed by atoms with van der Waals surface area (Å²) in [6.45, 7) is 1.26. The molecule has 1 rings (SSSR count). The highest BCUT2D eigenvalue weighted by Gasteiger charge is 2.24. The van der Waals surface area contributed by atoms with E-state index < -0.39 is 12.5 Å². The fourth-order valence-corrected chi connectivity index (χ4v) is 1.86. The van der Waals surface area contributed by atoms with E-state index in [1.807, 2.05) is 19.0 Å². The zero-order chi connectivity index (χ0) is 12.3. The Morgan fingerprint density at radius 1 is 1.56 bits per heavy atom. The second kappa shape index (κ2) is 5.70. The van der Waals surface area contributed by atoms with Gasteiger partial charge in [-0.3, -0.25) is 4.68 Å². The molecule has 1 aromatic heterocycles. The summed E-state index contributed by atoms with van der Waals surface area (Å²) < 4.78 is 27.1. The molecule has 0 fully saturated rings.